The smallest absolute Gasteiger partial charge is 0.225 e. The number of hydrogen-bond donors (Lipinski definition) is 1. The summed E-state index contributed by atoms with van der Waals surface area (Å²) in [4.78, 5) is 27.4. The molecule has 0 spiro atoms. The summed E-state index contributed by atoms with van der Waals surface area (Å²) in [7, 11) is 0. The molecule has 23 heavy (non-hydrogen) atoms. The minimum absolute atomic E-state index is 0.0495. The summed E-state index contributed by atoms with van der Waals surface area (Å²) in [6, 6.07) is 8.00. The maximum absolute atomic E-state index is 12.0. The fourth-order valence-electron chi connectivity index (χ4n) is 2.80. The van der Waals surface area contributed by atoms with Gasteiger partial charge in [0.15, 0.2) is 0 Å². The van der Waals surface area contributed by atoms with Gasteiger partial charge in [0.1, 0.15) is 0 Å². The van der Waals surface area contributed by atoms with Crippen LogP contribution < -0.4 is 5.32 Å². The summed E-state index contributed by atoms with van der Waals surface area (Å²) in [6.45, 7) is 9.99. The average Bonchev–Trinajstić information content (AvgIpc) is 2.53. The topological polar surface area (TPSA) is 52.7 Å². The molecule has 0 unspecified atom stereocenters. The zero-order valence-electron chi connectivity index (χ0n) is 14.3. The number of carbonyl (C=O) groups excluding carboxylic acids is 2. The van der Waals surface area contributed by atoms with E-state index < -0.39 is 0 Å². The van der Waals surface area contributed by atoms with Crippen LogP contribution in [0.5, 0.6) is 0 Å². The largest absolute Gasteiger partial charge is 0.340 e. The molecule has 1 heterocycles. The second-order valence-electron chi connectivity index (χ2n) is 6.45. The predicted molar refractivity (Wildman–Crippen MR) is 92.3 cm³/mol. The van der Waals surface area contributed by atoms with E-state index in [4.69, 9.17) is 0 Å². The summed E-state index contributed by atoms with van der Waals surface area (Å²) in [5.41, 5.74) is 2.10. The van der Waals surface area contributed by atoms with Crippen LogP contribution in [0.4, 0.5) is 5.69 Å². The molecule has 0 saturated carbocycles. The van der Waals surface area contributed by atoms with Crippen LogP contribution in [-0.4, -0.2) is 54.3 Å². The van der Waals surface area contributed by atoms with Crippen LogP contribution in [0.3, 0.4) is 0 Å². The number of nitrogens with zero attached hydrogens (tertiary/aromatic N) is 2. The van der Waals surface area contributed by atoms with Gasteiger partial charge in [0.2, 0.25) is 11.8 Å². The average molecular weight is 317 g/mol. The molecule has 126 valence electrons. The first-order chi connectivity index (χ1) is 11.0. The third kappa shape index (κ3) is 5.36. The Morgan fingerprint density at radius 2 is 1.70 bits per heavy atom. The van der Waals surface area contributed by atoms with Gasteiger partial charge < -0.3 is 10.2 Å². The lowest BCUT2D eigenvalue weighted by atomic mass is 10.1. The second kappa shape index (κ2) is 8.11. The number of rotatable bonds is 5. The van der Waals surface area contributed by atoms with Crippen molar-refractivity contribution in [3.05, 3.63) is 29.8 Å². The van der Waals surface area contributed by atoms with Gasteiger partial charge in [-0.1, -0.05) is 26.0 Å². The van der Waals surface area contributed by atoms with E-state index in [1.165, 1.54) is 12.5 Å². The van der Waals surface area contributed by atoms with Gasteiger partial charge in [-0.25, -0.2) is 0 Å². The lowest BCUT2D eigenvalue weighted by Gasteiger charge is -2.35. The van der Waals surface area contributed by atoms with Crippen LogP contribution in [0.1, 0.15) is 26.3 Å². The van der Waals surface area contributed by atoms with Gasteiger partial charge in [0, 0.05) is 51.3 Å². The van der Waals surface area contributed by atoms with Gasteiger partial charge in [-0.05, 0) is 24.1 Å². The maximum Gasteiger partial charge on any atom is 0.225 e. The number of nitrogens with one attached hydrogen (secondary N) is 1. The van der Waals surface area contributed by atoms with Crippen molar-refractivity contribution in [2.75, 3.05) is 38.0 Å². The van der Waals surface area contributed by atoms with Gasteiger partial charge >= 0.3 is 0 Å². The molecule has 2 amide bonds. The molecule has 2 rings (SSSR count). The standard InChI is InChI=1S/C18H27N3O2/c1-14(2)18(23)21-12-10-20(11-13-21)9-8-16-4-6-17(7-5-16)19-15(3)22/h4-7,14H,8-13H2,1-3H3,(H,19,22). The molecule has 1 aliphatic heterocycles. The van der Waals surface area contributed by atoms with E-state index in [0.717, 1.165) is 44.8 Å². The molecule has 0 radical (unpaired) electrons. The van der Waals surface area contributed by atoms with Crippen LogP contribution in [0.25, 0.3) is 0 Å². The summed E-state index contributed by atoms with van der Waals surface area (Å²) < 4.78 is 0. The summed E-state index contributed by atoms with van der Waals surface area (Å²) in [5.74, 6) is 0.299. The summed E-state index contributed by atoms with van der Waals surface area (Å²) >= 11 is 0. The van der Waals surface area contributed by atoms with E-state index in [0.29, 0.717) is 0 Å². The summed E-state index contributed by atoms with van der Waals surface area (Å²) in [6.07, 6.45) is 0.985. The van der Waals surface area contributed by atoms with Crippen LogP contribution in [0, 0.1) is 5.92 Å². The van der Waals surface area contributed by atoms with Crippen molar-refractivity contribution in [2.45, 2.75) is 27.2 Å². The molecule has 1 fully saturated rings. The Bertz CT molecular complexity index is 532. The van der Waals surface area contributed by atoms with Crippen LogP contribution >= 0.6 is 0 Å². The van der Waals surface area contributed by atoms with Crippen molar-refractivity contribution < 1.29 is 9.59 Å². The highest BCUT2D eigenvalue weighted by Crippen LogP contribution is 2.12. The summed E-state index contributed by atoms with van der Waals surface area (Å²) in [5, 5.41) is 2.78. The molecule has 5 nitrogen and oxygen atoms in total. The normalized spacial score (nSPS) is 15.7. The highest BCUT2D eigenvalue weighted by atomic mass is 16.2. The van der Waals surface area contributed by atoms with Crippen LogP contribution in [0.15, 0.2) is 24.3 Å². The van der Waals surface area contributed by atoms with Crippen LogP contribution in [0.2, 0.25) is 0 Å². The molecule has 0 aromatic heterocycles. The van der Waals surface area contributed by atoms with Crippen molar-refractivity contribution in [1.29, 1.82) is 0 Å². The van der Waals surface area contributed by atoms with Gasteiger partial charge in [0.05, 0.1) is 0 Å². The molecule has 1 aromatic carbocycles. The Morgan fingerprint density at radius 3 is 2.22 bits per heavy atom. The molecular weight excluding hydrogens is 290 g/mol. The van der Waals surface area contributed by atoms with E-state index in [2.05, 4.69) is 22.3 Å². The molecule has 1 aromatic rings. The third-order valence-electron chi connectivity index (χ3n) is 4.17. The number of carbonyl (C=O) groups is 2. The third-order valence-corrected chi connectivity index (χ3v) is 4.17. The highest BCUT2D eigenvalue weighted by molar-refractivity contribution is 5.88. The molecule has 0 atom stereocenters. The molecular formula is C18H27N3O2. The Morgan fingerprint density at radius 1 is 1.09 bits per heavy atom. The van der Waals surface area contributed by atoms with Crippen molar-refractivity contribution in [3.8, 4) is 0 Å². The Balaban J connectivity index is 1.75. The zero-order valence-corrected chi connectivity index (χ0v) is 14.3. The van der Waals surface area contributed by atoms with E-state index in [1.807, 2.05) is 30.9 Å². The Labute approximate surface area is 138 Å². The molecule has 0 aliphatic carbocycles. The minimum atomic E-state index is -0.0495. The van der Waals surface area contributed by atoms with E-state index in [1.54, 1.807) is 0 Å². The molecule has 1 saturated heterocycles. The van der Waals surface area contributed by atoms with Crippen LogP contribution in [-0.2, 0) is 16.0 Å². The van der Waals surface area contributed by atoms with Crippen molar-refractivity contribution in [2.24, 2.45) is 5.92 Å². The highest BCUT2D eigenvalue weighted by Gasteiger charge is 2.22. The fraction of sp³-hybridized carbons (Fsp3) is 0.556. The monoisotopic (exact) mass is 317 g/mol. The maximum atomic E-state index is 12.0. The van der Waals surface area contributed by atoms with Gasteiger partial charge in [0.25, 0.3) is 0 Å². The van der Waals surface area contributed by atoms with Gasteiger partial charge in [-0.3, -0.25) is 14.5 Å². The predicted octanol–water partition coefficient (Wildman–Crippen LogP) is 1.99. The van der Waals surface area contributed by atoms with Crippen molar-refractivity contribution in [1.82, 2.24) is 9.80 Å². The first-order valence-corrected chi connectivity index (χ1v) is 8.33. The first-order valence-electron chi connectivity index (χ1n) is 8.33. The van der Waals surface area contributed by atoms with E-state index in [9.17, 15) is 9.59 Å². The van der Waals surface area contributed by atoms with E-state index >= 15 is 0 Å². The zero-order chi connectivity index (χ0) is 16.8. The molecule has 1 aliphatic rings. The minimum Gasteiger partial charge on any atom is -0.340 e. The lowest BCUT2D eigenvalue weighted by molar-refractivity contribution is -0.136. The second-order valence-corrected chi connectivity index (χ2v) is 6.45. The Hall–Kier alpha value is -1.88. The van der Waals surface area contributed by atoms with Gasteiger partial charge in [-0.2, -0.15) is 0 Å². The SMILES string of the molecule is CC(=O)Nc1ccc(CCN2CCN(C(=O)C(C)C)CC2)cc1. The number of piperazine rings is 1. The van der Waals surface area contributed by atoms with Gasteiger partial charge in [-0.15, -0.1) is 0 Å². The molecule has 5 heteroatoms. The fourth-order valence-corrected chi connectivity index (χ4v) is 2.80. The quantitative estimate of drug-likeness (QED) is 0.903. The van der Waals surface area contributed by atoms with E-state index in [-0.39, 0.29) is 17.7 Å². The Kier molecular flexibility index (Phi) is 6.16. The lowest BCUT2D eigenvalue weighted by Crippen LogP contribution is -2.50. The van der Waals surface area contributed by atoms with Crippen molar-refractivity contribution >= 4 is 17.5 Å². The number of amides is 2. The molecule has 0 bridgehead atoms. The molecule has 1 N–H and O–H groups in total. The number of anilines is 1. The first kappa shape index (κ1) is 17.5. The number of benzene rings is 1. The van der Waals surface area contributed by atoms with Crippen molar-refractivity contribution in [3.63, 3.8) is 0 Å². The number of hydrogen-bond acceptors (Lipinski definition) is 3.